The molecule has 2 unspecified atom stereocenters. The summed E-state index contributed by atoms with van der Waals surface area (Å²) in [6.07, 6.45) is 16.7. The first-order valence-corrected chi connectivity index (χ1v) is 11.7. The third kappa shape index (κ3) is 4.01. The van der Waals surface area contributed by atoms with Crippen LogP contribution >= 0.6 is 0 Å². The molecule has 35 heavy (non-hydrogen) atoms. The van der Waals surface area contributed by atoms with Crippen molar-refractivity contribution in [1.82, 2.24) is 20.7 Å². The molecule has 2 aromatic rings. The summed E-state index contributed by atoms with van der Waals surface area (Å²) in [5.74, 6) is 1.09. The molecule has 2 aromatic carbocycles. The smallest absolute Gasteiger partial charge is 0.134 e. The van der Waals surface area contributed by atoms with E-state index in [0.717, 1.165) is 45.3 Å². The molecule has 0 saturated carbocycles. The van der Waals surface area contributed by atoms with Gasteiger partial charge in [-0.1, -0.05) is 54.6 Å². The number of nitrogens with zero attached hydrogens (tertiary/aromatic N) is 4. The zero-order valence-electron chi connectivity index (χ0n) is 19.7. The highest BCUT2D eigenvalue weighted by Crippen LogP contribution is 2.32. The highest BCUT2D eigenvalue weighted by atomic mass is 15.5. The number of hydrogen-bond acceptors (Lipinski definition) is 7. The summed E-state index contributed by atoms with van der Waals surface area (Å²) in [6.45, 7) is 0. The van der Waals surface area contributed by atoms with Crippen LogP contribution in [0, 0.1) is 5.92 Å². The summed E-state index contributed by atoms with van der Waals surface area (Å²) in [5.41, 5.74) is 7.29. The summed E-state index contributed by atoms with van der Waals surface area (Å²) in [7, 11) is 3.94. The van der Waals surface area contributed by atoms with E-state index in [9.17, 15) is 0 Å². The summed E-state index contributed by atoms with van der Waals surface area (Å²) < 4.78 is 0. The number of benzene rings is 2. The highest BCUT2D eigenvalue weighted by molar-refractivity contribution is 5.93. The molecule has 174 valence electrons. The predicted molar refractivity (Wildman–Crippen MR) is 142 cm³/mol. The standard InChI is InChI=1S/C28H27N7/c1-34-25-15-13-19-11-12-20-14-16-26(33-28(20)27(19)32-25)35(2)30-18-22-8-4-6-10-24(22)31-23-9-5-3-7-21(23)17-29-34/h3-19,25,31-33H,1-2H3. The van der Waals surface area contributed by atoms with Crippen LogP contribution in [0.4, 0.5) is 11.4 Å². The molecule has 1 aliphatic carbocycles. The number of hydrogen-bond donors (Lipinski definition) is 3. The molecule has 0 fully saturated rings. The molecule has 6 rings (SSSR count). The number of fused-ring (bicyclic) bond motifs is 4. The van der Waals surface area contributed by atoms with Crippen LogP contribution in [0.25, 0.3) is 0 Å². The average molecular weight is 462 g/mol. The zero-order valence-corrected chi connectivity index (χ0v) is 19.7. The van der Waals surface area contributed by atoms with E-state index >= 15 is 0 Å². The fraction of sp³-hybridized carbons (Fsp3) is 0.143. The molecule has 0 spiro atoms. The molecule has 7 nitrogen and oxygen atoms in total. The SMILES string of the molecule is CN1N=Cc2ccccc2Nc2ccccc2C=NN(C)C2C=CC3C=CC4=CC=C1NC4=C3N2. The molecule has 4 bridgehead atoms. The summed E-state index contributed by atoms with van der Waals surface area (Å²) in [5, 5.41) is 24.2. The first-order valence-electron chi connectivity index (χ1n) is 11.7. The number of hydrazone groups is 2. The van der Waals surface area contributed by atoms with Crippen molar-refractivity contribution in [3.05, 3.63) is 119 Å². The van der Waals surface area contributed by atoms with Crippen molar-refractivity contribution in [1.29, 1.82) is 0 Å². The maximum Gasteiger partial charge on any atom is 0.134 e. The van der Waals surface area contributed by atoms with Crippen LogP contribution in [0.1, 0.15) is 11.1 Å². The van der Waals surface area contributed by atoms with Gasteiger partial charge in [-0.05, 0) is 35.9 Å². The second kappa shape index (κ2) is 8.68. The molecule has 0 amide bonds. The van der Waals surface area contributed by atoms with E-state index in [1.807, 2.05) is 60.8 Å². The Hall–Kier alpha value is -4.52. The van der Waals surface area contributed by atoms with Crippen LogP contribution in [0.3, 0.4) is 0 Å². The molecule has 2 atom stereocenters. The van der Waals surface area contributed by atoms with Crippen molar-refractivity contribution in [2.24, 2.45) is 16.1 Å². The molecule has 4 aliphatic rings. The van der Waals surface area contributed by atoms with Crippen LogP contribution in [-0.4, -0.2) is 42.7 Å². The van der Waals surface area contributed by atoms with Gasteiger partial charge in [0.25, 0.3) is 0 Å². The maximum atomic E-state index is 4.78. The van der Waals surface area contributed by atoms with E-state index in [2.05, 4.69) is 76.7 Å². The van der Waals surface area contributed by atoms with Crippen LogP contribution in [0.5, 0.6) is 0 Å². The summed E-state index contributed by atoms with van der Waals surface area (Å²) in [6, 6.07) is 16.3. The second-order valence-corrected chi connectivity index (χ2v) is 8.83. The lowest BCUT2D eigenvalue weighted by Gasteiger charge is -2.36. The number of rotatable bonds is 0. The quantitative estimate of drug-likeness (QED) is 0.513. The monoisotopic (exact) mass is 461 g/mol. The fourth-order valence-electron chi connectivity index (χ4n) is 4.52. The molecule has 3 N–H and O–H groups in total. The van der Waals surface area contributed by atoms with Crippen molar-refractivity contribution in [3.8, 4) is 0 Å². The van der Waals surface area contributed by atoms with Gasteiger partial charge in [0.05, 0.1) is 18.1 Å². The molecule has 3 heterocycles. The Morgan fingerprint density at radius 1 is 0.771 bits per heavy atom. The van der Waals surface area contributed by atoms with Crippen LogP contribution in [0.2, 0.25) is 0 Å². The minimum absolute atomic E-state index is 0.0683. The van der Waals surface area contributed by atoms with Gasteiger partial charge in [-0.25, -0.2) is 0 Å². The van der Waals surface area contributed by atoms with E-state index in [4.69, 9.17) is 10.2 Å². The third-order valence-corrected chi connectivity index (χ3v) is 6.54. The van der Waals surface area contributed by atoms with Gasteiger partial charge in [-0.3, -0.25) is 10.0 Å². The van der Waals surface area contributed by atoms with Crippen molar-refractivity contribution in [2.45, 2.75) is 6.17 Å². The van der Waals surface area contributed by atoms with E-state index in [1.54, 1.807) is 0 Å². The van der Waals surface area contributed by atoms with Crippen molar-refractivity contribution < 1.29 is 0 Å². The average Bonchev–Trinajstić information content (AvgIpc) is 2.90. The van der Waals surface area contributed by atoms with Crippen molar-refractivity contribution in [3.63, 3.8) is 0 Å². The Bertz CT molecular complexity index is 1380. The van der Waals surface area contributed by atoms with Gasteiger partial charge in [-0.15, -0.1) is 0 Å². The van der Waals surface area contributed by atoms with E-state index in [1.165, 1.54) is 0 Å². The Balaban J connectivity index is 1.47. The molecule has 0 aromatic heterocycles. The lowest BCUT2D eigenvalue weighted by atomic mass is 9.89. The Morgan fingerprint density at radius 2 is 1.49 bits per heavy atom. The molecular formula is C28H27N7. The minimum Gasteiger partial charge on any atom is -0.362 e. The first-order chi connectivity index (χ1) is 17.2. The van der Waals surface area contributed by atoms with Crippen molar-refractivity contribution >= 4 is 23.8 Å². The van der Waals surface area contributed by atoms with Gasteiger partial charge in [0.2, 0.25) is 0 Å². The number of allylic oxidation sites excluding steroid dienone is 4. The van der Waals surface area contributed by atoms with Gasteiger partial charge in [-0.2, -0.15) is 10.2 Å². The zero-order chi connectivity index (χ0) is 23.8. The van der Waals surface area contributed by atoms with E-state index in [0.29, 0.717) is 0 Å². The fourth-order valence-corrected chi connectivity index (χ4v) is 4.52. The first kappa shape index (κ1) is 21.0. The normalized spacial score (nSPS) is 22.3. The number of nitrogens with one attached hydrogen (secondary N) is 3. The van der Waals surface area contributed by atoms with Gasteiger partial charge >= 0.3 is 0 Å². The van der Waals surface area contributed by atoms with E-state index in [-0.39, 0.29) is 12.1 Å². The van der Waals surface area contributed by atoms with Crippen LogP contribution in [0.15, 0.2) is 118 Å². The lowest BCUT2D eigenvalue weighted by molar-refractivity contribution is 0.261. The number of para-hydroxylation sites is 2. The summed E-state index contributed by atoms with van der Waals surface area (Å²) >= 11 is 0. The summed E-state index contributed by atoms with van der Waals surface area (Å²) in [4.78, 5) is 0. The van der Waals surface area contributed by atoms with Crippen LogP contribution in [-0.2, 0) is 0 Å². The Kier molecular flexibility index (Phi) is 5.22. The lowest BCUT2D eigenvalue weighted by Crippen LogP contribution is -2.45. The predicted octanol–water partition coefficient (Wildman–Crippen LogP) is 4.23. The Morgan fingerprint density at radius 3 is 2.26 bits per heavy atom. The molecule has 3 aliphatic heterocycles. The number of dihydropyridines is 1. The van der Waals surface area contributed by atoms with Gasteiger partial charge in [0, 0.05) is 48.2 Å². The minimum atomic E-state index is -0.0683. The van der Waals surface area contributed by atoms with Gasteiger partial charge in [0.15, 0.2) is 0 Å². The molecule has 0 saturated heterocycles. The Labute approximate surface area is 205 Å². The molecule has 0 radical (unpaired) electrons. The van der Waals surface area contributed by atoms with E-state index < -0.39 is 0 Å². The van der Waals surface area contributed by atoms with Gasteiger partial charge in [0.1, 0.15) is 12.0 Å². The van der Waals surface area contributed by atoms with Crippen molar-refractivity contribution in [2.75, 3.05) is 19.4 Å². The maximum absolute atomic E-state index is 4.78. The molecule has 7 heteroatoms. The molecular weight excluding hydrogens is 434 g/mol. The number of anilines is 2. The van der Waals surface area contributed by atoms with Crippen LogP contribution < -0.4 is 16.0 Å². The largest absolute Gasteiger partial charge is 0.362 e. The third-order valence-electron chi connectivity index (χ3n) is 6.54. The second-order valence-electron chi connectivity index (χ2n) is 8.83. The van der Waals surface area contributed by atoms with Gasteiger partial charge < -0.3 is 16.0 Å². The number of likely N-dealkylation sites (N-methyl/N-ethyl adjacent to an activating group) is 1. The highest BCUT2D eigenvalue weighted by Gasteiger charge is 2.29. The topological polar surface area (TPSA) is 67.3 Å².